The van der Waals surface area contributed by atoms with E-state index in [4.69, 9.17) is 14.2 Å². The standard InChI is InChI=1S/C20H22N2O4/c1-14-21-19-9-4-5-10-20(19)22(14)12-18(26-15(2)23)13-25-17-8-6-7-16(11-17)24-3/h4-11,18H,12-13H2,1-3H3/t18-/m0/s1. The quantitative estimate of drug-likeness (QED) is 0.609. The van der Waals surface area contributed by atoms with Crippen LogP contribution < -0.4 is 9.47 Å². The zero-order chi connectivity index (χ0) is 18.5. The smallest absolute Gasteiger partial charge is 0.303 e. The fourth-order valence-electron chi connectivity index (χ4n) is 2.87. The van der Waals surface area contributed by atoms with Gasteiger partial charge in [0.05, 0.1) is 24.7 Å². The fourth-order valence-corrected chi connectivity index (χ4v) is 2.87. The predicted octanol–water partition coefficient (Wildman–Crippen LogP) is 3.36. The van der Waals surface area contributed by atoms with Gasteiger partial charge in [-0.25, -0.2) is 4.98 Å². The summed E-state index contributed by atoms with van der Waals surface area (Å²) in [6.45, 7) is 4.04. The summed E-state index contributed by atoms with van der Waals surface area (Å²) in [5.41, 5.74) is 1.92. The van der Waals surface area contributed by atoms with Crippen molar-refractivity contribution in [2.45, 2.75) is 26.5 Å². The third-order valence-corrected chi connectivity index (χ3v) is 4.04. The van der Waals surface area contributed by atoms with Crippen molar-refractivity contribution in [3.05, 3.63) is 54.4 Å². The maximum Gasteiger partial charge on any atom is 0.303 e. The van der Waals surface area contributed by atoms with Crippen LogP contribution in [0.5, 0.6) is 11.5 Å². The zero-order valence-electron chi connectivity index (χ0n) is 15.1. The monoisotopic (exact) mass is 354 g/mol. The number of benzene rings is 2. The second-order valence-corrected chi connectivity index (χ2v) is 5.98. The SMILES string of the molecule is COc1cccc(OC[C@H](Cn2c(C)nc3ccccc32)OC(C)=O)c1. The molecule has 3 rings (SSSR count). The van der Waals surface area contributed by atoms with E-state index in [9.17, 15) is 4.79 Å². The molecule has 2 aromatic carbocycles. The molecule has 136 valence electrons. The molecule has 1 heterocycles. The Labute approximate surface area is 152 Å². The number of esters is 1. The summed E-state index contributed by atoms with van der Waals surface area (Å²) in [5.74, 6) is 1.90. The molecule has 0 aliphatic carbocycles. The molecule has 3 aromatic rings. The molecule has 6 heteroatoms. The molecule has 6 nitrogen and oxygen atoms in total. The van der Waals surface area contributed by atoms with Gasteiger partial charge in [0, 0.05) is 13.0 Å². The number of aromatic nitrogens is 2. The second kappa shape index (κ2) is 7.91. The van der Waals surface area contributed by atoms with Gasteiger partial charge in [-0.2, -0.15) is 0 Å². The maximum atomic E-state index is 11.5. The van der Waals surface area contributed by atoms with Crippen LogP contribution in [0.2, 0.25) is 0 Å². The molecule has 0 aliphatic heterocycles. The first-order valence-corrected chi connectivity index (χ1v) is 8.42. The normalized spacial score (nSPS) is 12.0. The van der Waals surface area contributed by atoms with Gasteiger partial charge < -0.3 is 18.8 Å². The van der Waals surface area contributed by atoms with Gasteiger partial charge in [0.1, 0.15) is 23.9 Å². The van der Waals surface area contributed by atoms with Crippen molar-refractivity contribution in [3.63, 3.8) is 0 Å². The van der Waals surface area contributed by atoms with E-state index >= 15 is 0 Å². The molecule has 0 saturated heterocycles. The van der Waals surface area contributed by atoms with E-state index in [0.717, 1.165) is 16.9 Å². The molecule has 0 bridgehead atoms. The molecule has 0 aliphatic rings. The van der Waals surface area contributed by atoms with Gasteiger partial charge in [0.25, 0.3) is 0 Å². The van der Waals surface area contributed by atoms with Crippen LogP contribution in [0.3, 0.4) is 0 Å². The number of imidazole rings is 1. The van der Waals surface area contributed by atoms with Crippen LogP contribution in [0, 0.1) is 6.92 Å². The first-order chi connectivity index (χ1) is 12.6. The summed E-state index contributed by atoms with van der Waals surface area (Å²) < 4.78 is 18.5. The Hall–Kier alpha value is -3.02. The highest BCUT2D eigenvalue weighted by molar-refractivity contribution is 5.75. The van der Waals surface area contributed by atoms with E-state index in [1.54, 1.807) is 13.2 Å². The summed E-state index contributed by atoms with van der Waals surface area (Å²) in [7, 11) is 1.60. The van der Waals surface area contributed by atoms with E-state index in [2.05, 4.69) is 4.98 Å². The Bertz CT molecular complexity index is 904. The van der Waals surface area contributed by atoms with Crippen molar-refractivity contribution in [3.8, 4) is 11.5 Å². The van der Waals surface area contributed by atoms with Gasteiger partial charge in [0.15, 0.2) is 6.10 Å². The van der Waals surface area contributed by atoms with E-state index in [0.29, 0.717) is 18.0 Å². The highest BCUT2D eigenvalue weighted by atomic mass is 16.6. The van der Waals surface area contributed by atoms with Crippen LogP contribution >= 0.6 is 0 Å². The average molecular weight is 354 g/mol. The van der Waals surface area contributed by atoms with Crippen molar-refractivity contribution < 1.29 is 19.0 Å². The Morgan fingerprint density at radius 2 is 1.92 bits per heavy atom. The number of nitrogens with zero attached hydrogens (tertiary/aromatic N) is 2. The molecule has 0 fully saturated rings. The predicted molar refractivity (Wildman–Crippen MR) is 98.5 cm³/mol. The summed E-state index contributed by atoms with van der Waals surface area (Å²) in [6.07, 6.45) is -0.435. The maximum absolute atomic E-state index is 11.5. The molecule has 0 unspecified atom stereocenters. The van der Waals surface area contributed by atoms with Crippen LogP contribution in [0.4, 0.5) is 0 Å². The van der Waals surface area contributed by atoms with E-state index < -0.39 is 6.10 Å². The number of carbonyl (C=O) groups excluding carboxylic acids is 1. The van der Waals surface area contributed by atoms with E-state index in [-0.39, 0.29) is 12.6 Å². The van der Waals surface area contributed by atoms with Crippen LogP contribution in [0.15, 0.2) is 48.5 Å². The summed E-state index contributed by atoms with van der Waals surface area (Å²) in [5, 5.41) is 0. The van der Waals surface area contributed by atoms with Crippen LogP contribution in [-0.2, 0) is 16.1 Å². The van der Waals surface area contributed by atoms with Crippen molar-refractivity contribution in [1.82, 2.24) is 9.55 Å². The number of ether oxygens (including phenoxy) is 3. The summed E-state index contributed by atoms with van der Waals surface area (Å²) in [6, 6.07) is 15.2. The lowest BCUT2D eigenvalue weighted by atomic mass is 10.3. The van der Waals surface area contributed by atoms with Crippen LogP contribution in [-0.4, -0.2) is 35.3 Å². The van der Waals surface area contributed by atoms with Crippen LogP contribution in [0.1, 0.15) is 12.7 Å². The van der Waals surface area contributed by atoms with Crippen LogP contribution in [0.25, 0.3) is 11.0 Å². The molecule has 0 spiro atoms. The number of para-hydroxylation sites is 2. The molecule has 0 radical (unpaired) electrons. The Morgan fingerprint density at radius 3 is 2.69 bits per heavy atom. The van der Waals surface area contributed by atoms with E-state index in [1.807, 2.05) is 54.0 Å². The number of methoxy groups -OCH3 is 1. The first-order valence-electron chi connectivity index (χ1n) is 8.42. The third-order valence-electron chi connectivity index (χ3n) is 4.04. The Kier molecular flexibility index (Phi) is 5.41. The number of aryl methyl sites for hydroxylation is 1. The molecule has 0 N–H and O–H groups in total. The first kappa shape index (κ1) is 17.8. The minimum atomic E-state index is -0.435. The lowest BCUT2D eigenvalue weighted by molar-refractivity contribution is -0.148. The highest BCUT2D eigenvalue weighted by Crippen LogP contribution is 2.20. The number of rotatable bonds is 7. The number of fused-ring (bicyclic) bond motifs is 1. The minimum Gasteiger partial charge on any atom is -0.497 e. The largest absolute Gasteiger partial charge is 0.497 e. The van der Waals surface area contributed by atoms with Gasteiger partial charge in [0.2, 0.25) is 0 Å². The van der Waals surface area contributed by atoms with Crippen molar-refractivity contribution in [2.24, 2.45) is 0 Å². The summed E-state index contributed by atoms with van der Waals surface area (Å²) >= 11 is 0. The Balaban J connectivity index is 1.77. The average Bonchev–Trinajstić information content (AvgIpc) is 2.95. The molecular weight excluding hydrogens is 332 g/mol. The van der Waals surface area contributed by atoms with Gasteiger partial charge in [-0.1, -0.05) is 18.2 Å². The fraction of sp³-hybridized carbons (Fsp3) is 0.300. The molecule has 26 heavy (non-hydrogen) atoms. The lowest BCUT2D eigenvalue weighted by Crippen LogP contribution is -2.29. The topological polar surface area (TPSA) is 62.6 Å². The molecular formula is C20H22N2O4. The second-order valence-electron chi connectivity index (χ2n) is 5.98. The van der Waals surface area contributed by atoms with Crippen molar-refractivity contribution in [1.29, 1.82) is 0 Å². The number of hydrogen-bond acceptors (Lipinski definition) is 5. The molecule has 1 aromatic heterocycles. The molecule has 0 amide bonds. The molecule has 0 saturated carbocycles. The summed E-state index contributed by atoms with van der Waals surface area (Å²) in [4.78, 5) is 16.1. The third kappa shape index (κ3) is 4.14. The minimum absolute atomic E-state index is 0.235. The van der Waals surface area contributed by atoms with Crippen molar-refractivity contribution >= 4 is 17.0 Å². The van der Waals surface area contributed by atoms with Gasteiger partial charge in [-0.05, 0) is 31.2 Å². The van der Waals surface area contributed by atoms with Gasteiger partial charge in [-0.3, -0.25) is 4.79 Å². The van der Waals surface area contributed by atoms with E-state index in [1.165, 1.54) is 6.92 Å². The lowest BCUT2D eigenvalue weighted by Gasteiger charge is -2.19. The molecule has 1 atom stereocenters. The Morgan fingerprint density at radius 1 is 1.15 bits per heavy atom. The number of hydrogen-bond donors (Lipinski definition) is 0. The highest BCUT2D eigenvalue weighted by Gasteiger charge is 2.17. The van der Waals surface area contributed by atoms with Gasteiger partial charge in [-0.15, -0.1) is 0 Å². The van der Waals surface area contributed by atoms with Gasteiger partial charge >= 0.3 is 5.97 Å². The number of carbonyl (C=O) groups is 1. The zero-order valence-corrected chi connectivity index (χ0v) is 15.1. The van der Waals surface area contributed by atoms with Crippen molar-refractivity contribution in [2.75, 3.05) is 13.7 Å².